The highest BCUT2D eigenvalue weighted by molar-refractivity contribution is 5.72. The molecule has 0 heterocycles. The highest BCUT2D eigenvalue weighted by Crippen LogP contribution is 2.20. The topological polar surface area (TPSA) is 46.5 Å². The quantitative estimate of drug-likeness (QED) is 0.347. The lowest BCUT2D eigenvalue weighted by Crippen LogP contribution is -2.19. The van der Waals surface area contributed by atoms with Crippen molar-refractivity contribution in [1.82, 2.24) is 0 Å². The van der Waals surface area contributed by atoms with Crippen LogP contribution in [0.1, 0.15) is 90.9 Å². The molecule has 0 rings (SSSR count). The number of carbonyl (C=O) groups is 1. The summed E-state index contributed by atoms with van der Waals surface area (Å²) < 4.78 is 5.37. The molecule has 3 nitrogen and oxygen atoms in total. The Bertz CT molecular complexity index is 217. The monoisotopic (exact) mass is 300 g/mol. The number of carbonyl (C=O) groups excluding carboxylic acids is 1. The Morgan fingerprint density at radius 3 is 1.90 bits per heavy atom. The summed E-state index contributed by atoms with van der Waals surface area (Å²) in [6.45, 7) is 5.05. The number of aliphatic hydroxyl groups is 1. The lowest BCUT2D eigenvalue weighted by molar-refractivity contribution is -0.149. The Balaban J connectivity index is 3.98. The molecule has 0 saturated heterocycles. The van der Waals surface area contributed by atoms with E-state index in [-0.39, 0.29) is 18.5 Å². The van der Waals surface area contributed by atoms with Crippen molar-refractivity contribution in [2.45, 2.75) is 90.9 Å². The molecule has 0 spiro atoms. The van der Waals surface area contributed by atoms with Gasteiger partial charge in [-0.15, -0.1) is 0 Å². The smallest absolute Gasteiger partial charge is 0.308 e. The molecular formula is C18H36O3. The van der Waals surface area contributed by atoms with E-state index in [1.165, 1.54) is 38.5 Å². The number of unbranched alkanes of at least 4 members (excludes halogenated alkanes) is 7. The molecule has 0 aliphatic carbocycles. The summed E-state index contributed by atoms with van der Waals surface area (Å²) in [4.78, 5) is 12.1. The van der Waals surface area contributed by atoms with Crippen LogP contribution in [0.5, 0.6) is 0 Å². The molecule has 3 heteroatoms. The third kappa shape index (κ3) is 12.9. The zero-order valence-corrected chi connectivity index (χ0v) is 14.2. The van der Waals surface area contributed by atoms with Gasteiger partial charge in [0.25, 0.3) is 0 Å². The lowest BCUT2D eigenvalue weighted by atomic mass is 9.94. The van der Waals surface area contributed by atoms with Gasteiger partial charge >= 0.3 is 5.97 Å². The molecule has 21 heavy (non-hydrogen) atoms. The predicted octanol–water partition coefficient (Wildman–Crippen LogP) is 4.86. The van der Waals surface area contributed by atoms with Gasteiger partial charge in [-0.05, 0) is 25.7 Å². The maximum atomic E-state index is 12.1. The van der Waals surface area contributed by atoms with Crippen LogP contribution in [-0.4, -0.2) is 24.3 Å². The van der Waals surface area contributed by atoms with Crippen molar-refractivity contribution < 1.29 is 14.6 Å². The molecule has 0 aromatic heterocycles. The lowest BCUT2D eigenvalue weighted by Gasteiger charge is -2.16. The van der Waals surface area contributed by atoms with Gasteiger partial charge in [-0.2, -0.15) is 0 Å². The van der Waals surface area contributed by atoms with Crippen LogP contribution in [0.3, 0.4) is 0 Å². The van der Waals surface area contributed by atoms with Crippen LogP contribution in [0, 0.1) is 5.92 Å². The highest BCUT2D eigenvalue weighted by atomic mass is 16.5. The zero-order valence-electron chi connectivity index (χ0n) is 14.2. The summed E-state index contributed by atoms with van der Waals surface area (Å²) >= 11 is 0. The minimum Gasteiger partial charge on any atom is -0.465 e. The van der Waals surface area contributed by atoms with Crippen molar-refractivity contribution in [3.63, 3.8) is 0 Å². The van der Waals surface area contributed by atoms with Gasteiger partial charge in [0.05, 0.1) is 12.5 Å². The summed E-state index contributed by atoms with van der Waals surface area (Å²) in [5, 5.41) is 8.73. The van der Waals surface area contributed by atoms with Crippen LogP contribution in [0.2, 0.25) is 0 Å². The van der Waals surface area contributed by atoms with Crippen LogP contribution < -0.4 is 0 Å². The molecule has 0 aliphatic rings. The van der Waals surface area contributed by atoms with Crippen LogP contribution in [0.15, 0.2) is 0 Å². The van der Waals surface area contributed by atoms with E-state index >= 15 is 0 Å². The van der Waals surface area contributed by atoms with E-state index in [0.29, 0.717) is 13.0 Å². The largest absolute Gasteiger partial charge is 0.465 e. The fourth-order valence-electron chi connectivity index (χ4n) is 2.52. The van der Waals surface area contributed by atoms with Crippen molar-refractivity contribution in [3.05, 3.63) is 0 Å². The van der Waals surface area contributed by atoms with E-state index in [1.54, 1.807) is 0 Å². The van der Waals surface area contributed by atoms with Gasteiger partial charge in [0.2, 0.25) is 0 Å². The standard InChI is InChI=1S/C18H36O3/c1-3-5-7-9-13-17(14-10-8-6-4-2)18(20)21-16-12-11-15-19/h17,19H,3-16H2,1-2H3. The molecule has 0 aromatic rings. The first kappa shape index (κ1) is 20.4. The molecule has 0 saturated carbocycles. The molecule has 0 radical (unpaired) electrons. The van der Waals surface area contributed by atoms with Gasteiger partial charge in [0.15, 0.2) is 0 Å². The van der Waals surface area contributed by atoms with Gasteiger partial charge in [-0.25, -0.2) is 0 Å². The maximum absolute atomic E-state index is 12.1. The number of hydrogen-bond donors (Lipinski definition) is 1. The molecular weight excluding hydrogens is 264 g/mol. The van der Waals surface area contributed by atoms with E-state index in [4.69, 9.17) is 9.84 Å². The number of esters is 1. The molecule has 0 aromatic carbocycles. The second-order valence-electron chi connectivity index (χ2n) is 5.99. The number of rotatable bonds is 15. The first-order valence-corrected chi connectivity index (χ1v) is 9.03. The van der Waals surface area contributed by atoms with E-state index < -0.39 is 0 Å². The van der Waals surface area contributed by atoms with Crippen LogP contribution >= 0.6 is 0 Å². The Labute approximate surface area is 131 Å². The molecule has 126 valence electrons. The molecule has 0 atom stereocenters. The fraction of sp³-hybridized carbons (Fsp3) is 0.944. The van der Waals surface area contributed by atoms with Gasteiger partial charge in [0.1, 0.15) is 0 Å². The van der Waals surface area contributed by atoms with Gasteiger partial charge < -0.3 is 9.84 Å². The van der Waals surface area contributed by atoms with E-state index in [1.807, 2.05) is 0 Å². The average molecular weight is 300 g/mol. The number of aliphatic hydroxyl groups excluding tert-OH is 1. The Hall–Kier alpha value is -0.570. The minimum absolute atomic E-state index is 0.0130. The van der Waals surface area contributed by atoms with Gasteiger partial charge in [-0.3, -0.25) is 4.79 Å². The molecule has 0 fully saturated rings. The first-order chi connectivity index (χ1) is 10.3. The maximum Gasteiger partial charge on any atom is 0.308 e. The predicted molar refractivity (Wildman–Crippen MR) is 88.3 cm³/mol. The zero-order chi connectivity index (χ0) is 15.8. The van der Waals surface area contributed by atoms with Gasteiger partial charge in [-0.1, -0.05) is 65.2 Å². The summed E-state index contributed by atoms with van der Waals surface area (Å²) in [5.74, 6) is 0.0776. The van der Waals surface area contributed by atoms with Crippen LogP contribution in [0.25, 0.3) is 0 Å². The summed E-state index contributed by atoms with van der Waals surface area (Å²) in [5.41, 5.74) is 0. The molecule has 0 unspecified atom stereocenters. The van der Waals surface area contributed by atoms with Crippen molar-refractivity contribution in [3.8, 4) is 0 Å². The Morgan fingerprint density at radius 1 is 0.857 bits per heavy atom. The van der Waals surface area contributed by atoms with E-state index in [2.05, 4.69) is 13.8 Å². The van der Waals surface area contributed by atoms with Crippen molar-refractivity contribution in [1.29, 1.82) is 0 Å². The van der Waals surface area contributed by atoms with Gasteiger partial charge in [0, 0.05) is 6.61 Å². The molecule has 0 bridgehead atoms. The van der Waals surface area contributed by atoms with E-state index in [0.717, 1.165) is 32.1 Å². The molecule has 0 aliphatic heterocycles. The second-order valence-corrected chi connectivity index (χ2v) is 5.99. The number of ether oxygens (including phenoxy) is 1. The fourth-order valence-corrected chi connectivity index (χ4v) is 2.52. The second kappa shape index (κ2) is 15.8. The van der Waals surface area contributed by atoms with Crippen LogP contribution in [0.4, 0.5) is 0 Å². The van der Waals surface area contributed by atoms with Crippen molar-refractivity contribution >= 4 is 5.97 Å². The molecule has 1 N–H and O–H groups in total. The summed E-state index contributed by atoms with van der Waals surface area (Å²) in [6, 6.07) is 0. The summed E-state index contributed by atoms with van der Waals surface area (Å²) in [7, 11) is 0. The SMILES string of the molecule is CCCCCCC(CCCCCC)C(=O)OCCCCO. The third-order valence-electron chi connectivity index (χ3n) is 3.94. The Morgan fingerprint density at radius 2 is 1.43 bits per heavy atom. The molecule has 0 amide bonds. The third-order valence-corrected chi connectivity index (χ3v) is 3.94. The van der Waals surface area contributed by atoms with Crippen molar-refractivity contribution in [2.75, 3.05) is 13.2 Å². The average Bonchev–Trinajstić information content (AvgIpc) is 2.49. The summed E-state index contributed by atoms with van der Waals surface area (Å²) in [6.07, 6.45) is 13.1. The minimum atomic E-state index is -0.0130. The normalized spacial score (nSPS) is 11.0. The highest BCUT2D eigenvalue weighted by Gasteiger charge is 2.19. The van der Waals surface area contributed by atoms with Crippen LogP contribution in [-0.2, 0) is 9.53 Å². The van der Waals surface area contributed by atoms with Crippen molar-refractivity contribution in [2.24, 2.45) is 5.92 Å². The van der Waals surface area contributed by atoms with E-state index in [9.17, 15) is 4.79 Å². The Kier molecular flexibility index (Phi) is 15.4. The first-order valence-electron chi connectivity index (χ1n) is 9.03. The number of hydrogen-bond acceptors (Lipinski definition) is 3.